The first-order valence-electron chi connectivity index (χ1n) is 7.57. The number of anilines is 1. The van der Waals surface area contributed by atoms with Crippen molar-refractivity contribution in [3.63, 3.8) is 0 Å². The van der Waals surface area contributed by atoms with Gasteiger partial charge in [-0.1, -0.05) is 18.7 Å². The van der Waals surface area contributed by atoms with Gasteiger partial charge >= 0.3 is 0 Å². The predicted molar refractivity (Wildman–Crippen MR) is 93.9 cm³/mol. The number of rotatable bonds is 5. The molecule has 3 heterocycles. The first-order chi connectivity index (χ1) is 11.6. The average molecular weight is 342 g/mol. The minimum absolute atomic E-state index is 0.202. The fourth-order valence-electron chi connectivity index (χ4n) is 2.33. The zero-order valence-electron chi connectivity index (χ0n) is 13.8. The third kappa shape index (κ3) is 3.21. The van der Waals surface area contributed by atoms with E-state index in [9.17, 15) is 4.79 Å². The molecule has 3 aromatic heterocycles. The van der Waals surface area contributed by atoms with E-state index in [0.717, 1.165) is 27.9 Å². The Morgan fingerprint density at radius 2 is 2.21 bits per heavy atom. The van der Waals surface area contributed by atoms with E-state index in [2.05, 4.69) is 10.1 Å². The van der Waals surface area contributed by atoms with E-state index in [1.807, 2.05) is 38.2 Å². The molecule has 0 atom stereocenters. The van der Waals surface area contributed by atoms with E-state index in [0.29, 0.717) is 5.76 Å². The van der Waals surface area contributed by atoms with Crippen molar-refractivity contribution in [1.29, 1.82) is 0 Å². The Kier molecular flexibility index (Phi) is 4.71. The number of thioether (sulfide) groups is 1. The smallest absolute Gasteiger partial charge is 0.293 e. The number of carbonyl (C=O) groups excluding carboxylic acids is 1. The lowest BCUT2D eigenvalue weighted by molar-refractivity contribution is 0.0961. The van der Waals surface area contributed by atoms with Crippen molar-refractivity contribution in [1.82, 2.24) is 14.8 Å². The predicted octanol–water partition coefficient (Wildman–Crippen LogP) is 3.56. The maximum atomic E-state index is 12.6. The SMILES string of the molecule is CCSc1ccc(C(=O)N(C)c2cn(-c3cccnc3)nc2C)o1. The van der Waals surface area contributed by atoms with Crippen LogP contribution in [-0.2, 0) is 0 Å². The number of aromatic nitrogens is 3. The molecule has 124 valence electrons. The van der Waals surface area contributed by atoms with Crippen LogP contribution < -0.4 is 4.90 Å². The Balaban J connectivity index is 1.85. The minimum Gasteiger partial charge on any atom is -0.445 e. The van der Waals surface area contributed by atoms with Gasteiger partial charge in [-0.2, -0.15) is 5.10 Å². The molecule has 3 rings (SSSR count). The van der Waals surface area contributed by atoms with Crippen LogP contribution in [0.3, 0.4) is 0 Å². The van der Waals surface area contributed by atoms with Gasteiger partial charge in [-0.25, -0.2) is 4.68 Å². The molecule has 0 fully saturated rings. The molecule has 0 aliphatic carbocycles. The minimum atomic E-state index is -0.202. The first-order valence-corrected chi connectivity index (χ1v) is 8.56. The van der Waals surface area contributed by atoms with Crippen LogP contribution in [0.5, 0.6) is 0 Å². The number of aryl methyl sites for hydroxylation is 1. The molecule has 6 nitrogen and oxygen atoms in total. The highest BCUT2D eigenvalue weighted by molar-refractivity contribution is 7.99. The number of hydrogen-bond acceptors (Lipinski definition) is 5. The summed E-state index contributed by atoms with van der Waals surface area (Å²) in [7, 11) is 1.72. The van der Waals surface area contributed by atoms with Crippen molar-refractivity contribution in [3.05, 3.63) is 54.3 Å². The lowest BCUT2D eigenvalue weighted by Gasteiger charge is -2.14. The molecule has 0 spiro atoms. The molecule has 0 N–H and O–H groups in total. The zero-order valence-corrected chi connectivity index (χ0v) is 14.6. The van der Waals surface area contributed by atoms with Crippen molar-refractivity contribution in [2.24, 2.45) is 0 Å². The summed E-state index contributed by atoms with van der Waals surface area (Å²) < 4.78 is 7.30. The third-order valence-corrected chi connectivity index (χ3v) is 4.32. The molecule has 0 aliphatic rings. The summed E-state index contributed by atoms with van der Waals surface area (Å²) in [6.07, 6.45) is 5.24. The fraction of sp³-hybridized carbons (Fsp3) is 0.235. The summed E-state index contributed by atoms with van der Waals surface area (Å²) in [6, 6.07) is 7.28. The van der Waals surface area contributed by atoms with Gasteiger partial charge in [0.1, 0.15) is 0 Å². The molecule has 0 aromatic carbocycles. The van der Waals surface area contributed by atoms with E-state index in [-0.39, 0.29) is 5.91 Å². The highest BCUT2D eigenvalue weighted by atomic mass is 32.2. The van der Waals surface area contributed by atoms with Gasteiger partial charge in [0, 0.05) is 13.2 Å². The van der Waals surface area contributed by atoms with Crippen molar-refractivity contribution < 1.29 is 9.21 Å². The molecular formula is C17H18N4O2S. The van der Waals surface area contributed by atoms with Crippen LogP contribution in [0.1, 0.15) is 23.2 Å². The normalized spacial score (nSPS) is 10.8. The number of furan rings is 1. The second-order valence-electron chi connectivity index (χ2n) is 5.17. The Labute approximate surface area is 144 Å². The Bertz CT molecular complexity index is 841. The quantitative estimate of drug-likeness (QED) is 0.663. The van der Waals surface area contributed by atoms with Gasteiger partial charge < -0.3 is 9.32 Å². The van der Waals surface area contributed by atoms with E-state index in [1.165, 1.54) is 0 Å². The van der Waals surface area contributed by atoms with Crippen molar-refractivity contribution in [3.8, 4) is 5.69 Å². The van der Waals surface area contributed by atoms with Crippen molar-refractivity contribution in [2.75, 3.05) is 17.7 Å². The van der Waals surface area contributed by atoms with Gasteiger partial charge in [0.15, 0.2) is 10.9 Å². The largest absolute Gasteiger partial charge is 0.445 e. The molecule has 0 radical (unpaired) electrons. The Morgan fingerprint density at radius 3 is 2.92 bits per heavy atom. The summed E-state index contributed by atoms with van der Waals surface area (Å²) >= 11 is 1.56. The first kappa shape index (κ1) is 16.3. The van der Waals surface area contributed by atoms with Crippen LogP contribution in [0, 0.1) is 6.92 Å². The van der Waals surface area contributed by atoms with Gasteiger partial charge in [-0.15, -0.1) is 0 Å². The summed E-state index contributed by atoms with van der Waals surface area (Å²) in [4.78, 5) is 18.3. The lowest BCUT2D eigenvalue weighted by Crippen LogP contribution is -2.26. The maximum absolute atomic E-state index is 12.6. The molecule has 0 bridgehead atoms. The summed E-state index contributed by atoms with van der Waals surface area (Å²) in [5.74, 6) is 1.02. The van der Waals surface area contributed by atoms with Crippen molar-refractivity contribution in [2.45, 2.75) is 18.9 Å². The standard InChI is InChI=1S/C17H18N4O2S/c1-4-24-16-8-7-15(23-16)17(22)20(3)14-11-21(19-12(14)2)13-6-5-9-18-10-13/h5-11H,4H2,1-3H3. The summed E-state index contributed by atoms with van der Waals surface area (Å²) in [5, 5.41) is 5.21. The van der Waals surface area contributed by atoms with Crippen molar-refractivity contribution >= 4 is 23.4 Å². The van der Waals surface area contributed by atoms with Crippen LogP contribution in [-0.4, -0.2) is 33.5 Å². The molecule has 1 amide bonds. The van der Waals surface area contributed by atoms with Crippen LogP contribution in [0.2, 0.25) is 0 Å². The molecule has 7 heteroatoms. The van der Waals surface area contributed by atoms with Crippen LogP contribution in [0.25, 0.3) is 5.69 Å². The monoisotopic (exact) mass is 342 g/mol. The molecule has 3 aromatic rings. The molecule has 0 saturated carbocycles. The Hall–Kier alpha value is -2.54. The number of pyridine rings is 1. The number of carbonyl (C=O) groups is 1. The lowest BCUT2D eigenvalue weighted by atomic mass is 10.3. The topological polar surface area (TPSA) is 64.2 Å². The second kappa shape index (κ2) is 6.92. The van der Waals surface area contributed by atoms with Gasteiger partial charge in [-0.05, 0) is 36.9 Å². The number of hydrogen-bond donors (Lipinski definition) is 0. The summed E-state index contributed by atoms with van der Waals surface area (Å²) in [6.45, 7) is 3.91. The van der Waals surface area contributed by atoms with E-state index >= 15 is 0 Å². The van der Waals surface area contributed by atoms with Gasteiger partial charge in [0.2, 0.25) is 0 Å². The average Bonchev–Trinajstić information content (AvgIpc) is 3.21. The number of nitrogens with zero attached hydrogens (tertiary/aromatic N) is 4. The molecule has 0 aliphatic heterocycles. The Morgan fingerprint density at radius 1 is 1.38 bits per heavy atom. The van der Waals surface area contributed by atoms with Gasteiger partial charge in [0.05, 0.1) is 29.5 Å². The molecule has 0 saturated heterocycles. The zero-order chi connectivity index (χ0) is 17.1. The van der Waals surface area contributed by atoms with Crippen LogP contribution in [0.4, 0.5) is 5.69 Å². The third-order valence-electron chi connectivity index (χ3n) is 3.53. The number of amides is 1. The highest BCUT2D eigenvalue weighted by Crippen LogP contribution is 2.25. The molecular weight excluding hydrogens is 324 g/mol. The highest BCUT2D eigenvalue weighted by Gasteiger charge is 2.21. The van der Waals surface area contributed by atoms with Gasteiger partial charge in [-0.3, -0.25) is 9.78 Å². The van der Waals surface area contributed by atoms with Crippen LogP contribution in [0.15, 0.2) is 52.4 Å². The van der Waals surface area contributed by atoms with E-state index in [1.54, 1.807) is 46.9 Å². The molecule has 0 unspecified atom stereocenters. The fourth-order valence-corrected chi connectivity index (χ4v) is 2.93. The van der Waals surface area contributed by atoms with E-state index < -0.39 is 0 Å². The van der Waals surface area contributed by atoms with E-state index in [4.69, 9.17) is 4.42 Å². The van der Waals surface area contributed by atoms with Gasteiger partial charge in [0.25, 0.3) is 5.91 Å². The molecule has 24 heavy (non-hydrogen) atoms. The summed E-state index contributed by atoms with van der Waals surface area (Å²) in [5.41, 5.74) is 2.32. The van der Waals surface area contributed by atoms with Crippen LogP contribution >= 0.6 is 11.8 Å². The maximum Gasteiger partial charge on any atom is 0.293 e. The second-order valence-corrected chi connectivity index (χ2v) is 6.44.